The minimum absolute atomic E-state index is 0.237. The van der Waals surface area contributed by atoms with Crippen molar-refractivity contribution in [3.05, 3.63) is 36.3 Å². The maximum atomic E-state index is 13.2. The van der Waals surface area contributed by atoms with Crippen molar-refractivity contribution in [1.82, 2.24) is 10.2 Å². The molecule has 0 spiro atoms. The van der Waals surface area contributed by atoms with Gasteiger partial charge in [-0.05, 0) is 12.1 Å². The summed E-state index contributed by atoms with van der Waals surface area (Å²) in [4.78, 5) is 0. The van der Waals surface area contributed by atoms with Crippen LogP contribution < -0.4 is 0 Å². The van der Waals surface area contributed by atoms with Crippen LogP contribution in [0.25, 0.3) is 11.3 Å². The summed E-state index contributed by atoms with van der Waals surface area (Å²) in [5.41, 5.74) is 0.592. The van der Waals surface area contributed by atoms with Gasteiger partial charge < -0.3 is 5.11 Å². The van der Waals surface area contributed by atoms with Crippen molar-refractivity contribution in [2.45, 2.75) is 0 Å². The summed E-state index contributed by atoms with van der Waals surface area (Å²) < 4.78 is 13.2. The van der Waals surface area contributed by atoms with E-state index >= 15 is 0 Å². The van der Waals surface area contributed by atoms with E-state index in [0.29, 0.717) is 5.69 Å². The van der Waals surface area contributed by atoms with Gasteiger partial charge >= 0.3 is 0 Å². The Bertz CT molecular complexity index is 412. The number of rotatable bonds is 1. The summed E-state index contributed by atoms with van der Waals surface area (Å²) in [7, 11) is 0. The highest BCUT2D eigenvalue weighted by Gasteiger charge is 2.09. The molecule has 1 radical (unpaired) electrons. The molecule has 0 aliphatic rings. The number of halogens is 1. The first-order chi connectivity index (χ1) is 6.29. The molecule has 0 aliphatic heterocycles. The van der Waals surface area contributed by atoms with Gasteiger partial charge in [-0.1, -0.05) is 6.07 Å². The number of benzene rings is 1. The number of nitrogens with zero attached hydrogens (tertiary/aromatic N) is 1. The monoisotopic (exact) mass is 177 g/mol. The van der Waals surface area contributed by atoms with Crippen LogP contribution in [0, 0.1) is 11.9 Å². The van der Waals surface area contributed by atoms with Crippen molar-refractivity contribution in [1.29, 1.82) is 0 Å². The molecule has 0 bridgehead atoms. The third kappa shape index (κ3) is 1.26. The molecule has 0 atom stereocenters. The van der Waals surface area contributed by atoms with Crippen LogP contribution in [-0.4, -0.2) is 15.3 Å². The van der Waals surface area contributed by atoms with Gasteiger partial charge in [0.2, 0.25) is 0 Å². The van der Waals surface area contributed by atoms with Crippen LogP contribution in [0.2, 0.25) is 0 Å². The molecule has 1 heterocycles. The minimum Gasteiger partial charge on any atom is -0.505 e. The van der Waals surface area contributed by atoms with Crippen molar-refractivity contribution in [2.24, 2.45) is 0 Å². The second-order valence-corrected chi connectivity index (χ2v) is 2.52. The van der Waals surface area contributed by atoms with Gasteiger partial charge in [-0.2, -0.15) is 5.10 Å². The molecule has 0 fully saturated rings. The first kappa shape index (κ1) is 7.79. The third-order valence-corrected chi connectivity index (χ3v) is 1.68. The number of phenolic OH excluding ortho intramolecular Hbond substituents is 1. The van der Waals surface area contributed by atoms with Crippen LogP contribution in [0.3, 0.4) is 0 Å². The van der Waals surface area contributed by atoms with Crippen molar-refractivity contribution in [3.8, 4) is 17.0 Å². The maximum absolute atomic E-state index is 13.2. The molecule has 65 valence electrons. The first-order valence-corrected chi connectivity index (χ1v) is 3.68. The Morgan fingerprint density at radius 2 is 2.31 bits per heavy atom. The van der Waals surface area contributed by atoms with Gasteiger partial charge in [0.25, 0.3) is 0 Å². The van der Waals surface area contributed by atoms with Crippen LogP contribution in [-0.2, 0) is 0 Å². The zero-order valence-electron chi connectivity index (χ0n) is 6.58. The molecule has 2 N–H and O–H groups in total. The third-order valence-electron chi connectivity index (χ3n) is 1.68. The van der Waals surface area contributed by atoms with Crippen molar-refractivity contribution in [2.75, 3.05) is 0 Å². The Morgan fingerprint density at radius 1 is 1.46 bits per heavy atom. The molecule has 1 aromatic carbocycles. The van der Waals surface area contributed by atoms with E-state index in [4.69, 9.17) is 5.11 Å². The van der Waals surface area contributed by atoms with Crippen LogP contribution >= 0.6 is 0 Å². The summed E-state index contributed by atoms with van der Waals surface area (Å²) in [6.45, 7) is 0. The highest BCUT2D eigenvalue weighted by molar-refractivity contribution is 5.60. The standard InChI is InChI=1S/C9H6FN2O/c10-9-6(2-1-3-8(9)13)7-4-5-11-12-7/h1-3,5,13H,(H,11,12). The quantitative estimate of drug-likeness (QED) is 0.696. The molecular formula is C9H6FN2O. The average Bonchev–Trinajstić information content (AvgIpc) is 2.62. The maximum Gasteiger partial charge on any atom is 0.174 e. The lowest BCUT2D eigenvalue weighted by molar-refractivity contribution is 0.433. The Balaban J connectivity index is 2.59. The van der Waals surface area contributed by atoms with Crippen molar-refractivity contribution >= 4 is 0 Å². The molecule has 0 saturated carbocycles. The fourth-order valence-electron chi connectivity index (χ4n) is 1.07. The number of H-pyrrole nitrogens is 1. The molecule has 13 heavy (non-hydrogen) atoms. The number of hydrogen-bond acceptors (Lipinski definition) is 2. The summed E-state index contributed by atoms with van der Waals surface area (Å²) in [6, 6.07) is 7.07. The van der Waals surface area contributed by atoms with E-state index in [1.165, 1.54) is 18.3 Å². The topological polar surface area (TPSA) is 48.9 Å². The van der Waals surface area contributed by atoms with Gasteiger partial charge in [-0.25, -0.2) is 4.39 Å². The first-order valence-electron chi connectivity index (χ1n) is 3.68. The van der Waals surface area contributed by atoms with E-state index in [1.54, 1.807) is 6.07 Å². The van der Waals surface area contributed by atoms with Gasteiger partial charge in [0.15, 0.2) is 11.6 Å². The zero-order valence-corrected chi connectivity index (χ0v) is 6.58. The van der Waals surface area contributed by atoms with E-state index in [9.17, 15) is 4.39 Å². The Hall–Kier alpha value is -1.84. The number of aromatic hydroxyl groups is 1. The summed E-state index contributed by atoms with van der Waals surface area (Å²) in [5, 5.41) is 15.3. The van der Waals surface area contributed by atoms with Crippen molar-refractivity contribution < 1.29 is 9.50 Å². The smallest absolute Gasteiger partial charge is 0.174 e. The van der Waals surface area contributed by atoms with E-state index in [1.807, 2.05) is 0 Å². The number of nitrogens with one attached hydrogen (secondary N) is 1. The fraction of sp³-hybridized carbons (Fsp3) is 0. The SMILES string of the molecule is Oc1cccc(-c2[c]c[nH]n2)c1F. The second-order valence-electron chi connectivity index (χ2n) is 2.52. The molecule has 0 unspecified atom stereocenters. The van der Waals surface area contributed by atoms with Crippen LogP contribution in [0.15, 0.2) is 24.4 Å². The normalized spacial score (nSPS) is 10.2. The van der Waals surface area contributed by atoms with E-state index < -0.39 is 5.82 Å². The summed E-state index contributed by atoms with van der Waals surface area (Å²) in [6.07, 6.45) is 1.47. The fourth-order valence-corrected chi connectivity index (χ4v) is 1.07. The van der Waals surface area contributed by atoms with Crippen molar-refractivity contribution in [3.63, 3.8) is 0 Å². The molecule has 4 heteroatoms. The van der Waals surface area contributed by atoms with Gasteiger partial charge in [-0.3, -0.25) is 5.10 Å². The molecule has 0 aliphatic carbocycles. The molecule has 2 aromatic rings. The summed E-state index contributed by atoms with van der Waals surface area (Å²) >= 11 is 0. The van der Waals surface area contributed by atoms with Crippen LogP contribution in [0.1, 0.15) is 0 Å². The highest BCUT2D eigenvalue weighted by atomic mass is 19.1. The van der Waals surface area contributed by atoms with Gasteiger partial charge in [-0.15, -0.1) is 0 Å². The lowest BCUT2D eigenvalue weighted by Crippen LogP contribution is -1.84. The lowest BCUT2D eigenvalue weighted by Gasteiger charge is -1.99. The average molecular weight is 177 g/mol. The zero-order chi connectivity index (χ0) is 9.26. The Labute approximate surface area is 73.8 Å². The largest absolute Gasteiger partial charge is 0.505 e. The van der Waals surface area contributed by atoms with Gasteiger partial charge in [0.05, 0.1) is 0 Å². The number of aromatic amines is 1. The van der Waals surface area contributed by atoms with Crippen LogP contribution in [0.5, 0.6) is 5.75 Å². The number of phenols is 1. The van der Waals surface area contributed by atoms with Gasteiger partial charge in [0.1, 0.15) is 5.69 Å². The molecular weight excluding hydrogens is 171 g/mol. The lowest BCUT2D eigenvalue weighted by atomic mass is 10.1. The highest BCUT2D eigenvalue weighted by Crippen LogP contribution is 2.25. The second kappa shape index (κ2) is 2.90. The Kier molecular flexibility index (Phi) is 1.73. The van der Waals surface area contributed by atoms with E-state index in [2.05, 4.69) is 16.3 Å². The predicted octanol–water partition coefficient (Wildman–Crippen LogP) is 1.72. The van der Waals surface area contributed by atoms with E-state index in [-0.39, 0.29) is 11.3 Å². The molecule has 2 rings (SSSR count). The number of aromatic nitrogens is 2. The van der Waals surface area contributed by atoms with Crippen LogP contribution in [0.4, 0.5) is 4.39 Å². The summed E-state index contributed by atoms with van der Waals surface area (Å²) in [5.74, 6) is -1.06. The molecule has 0 amide bonds. The molecule has 3 nitrogen and oxygen atoms in total. The molecule has 1 aromatic heterocycles. The minimum atomic E-state index is -0.675. The van der Waals surface area contributed by atoms with E-state index in [0.717, 1.165) is 0 Å². The molecule has 0 saturated heterocycles. The van der Waals surface area contributed by atoms with Gasteiger partial charge in [0, 0.05) is 17.8 Å². The number of hydrogen-bond donors (Lipinski definition) is 2. The predicted molar refractivity (Wildman–Crippen MR) is 44.5 cm³/mol. The Morgan fingerprint density at radius 3 is 3.00 bits per heavy atom.